The highest BCUT2D eigenvalue weighted by molar-refractivity contribution is 9.10. The summed E-state index contributed by atoms with van der Waals surface area (Å²) in [5.41, 5.74) is 4.88. The zero-order chi connectivity index (χ0) is 14.4. The Morgan fingerprint density at radius 2 is 1.86 bits per heavy atom. The van der Waals surface area contributed by atoms with E-state index in [2.05, 4.69) is 76.3 Å². The van der Waals surface area contributed by atoms with Gasteiger partial charge in [0.2, 0.25) is 0 Å². The summed E-state index contributed by atoms with van der Waals surface area (Å²) in [5.74, 6) is 1.11. The van der Waals surface area contributed by atoms with Gasteiger partial charge >= 0.3 is 0 Å². The molecule has 0 N–H and O–H groups in total. The number of aromatic nitrogens is 1. The third kappa shape index (κ3) is 2.22. The Balaban J connectivity index is 1.85. The van der Waals surface area contributed by atoms with Gasteiger partial charge in [-0.1, -0.05) is 28.1 Å². The van der Waals surface area contributed by atoms with Crippen LogP contribution < -0.4 is 4.90 Å². The number of rotatable bonds is 1. The quantitative estimate of drug-likeness (QED) is 0.620. The van der Waals surface area contributed by atoms with Crippen LogP contribution in [0, 0.1) is 6.92 Å². The van der Waals surface area contributed by atoms with E-state index >= 15 is 0 Å². The van der Waals surface area contributed by atoms with Crippen molar-refractivity contribution in [3.63, 3.8) is 0 Å². The van der Waals surface area contributed by atoms with Crippen molar-refractivity contribution in [1.82, 2.24) is 4.98 Å². The SMILES string of the molecule is Cc1ccc2cc3c(nc2c1)N(c1ccc(Br)cc1)CC3. The van der Waals surface area contributed by atoms with Crippen molar-refractivity contribution in [3.8, 4) is 0 Å². The second-order valence-corrected chi connectivity index (χ2v) is 6.46. The molecule has 1 aromatic heterocycles. The minimum Gasteiger partial charge on any atom is -0.326 e. The van der Waals surface area contributed by atoms with Gasteiger partial charge in [-0.15, -0.1) is 0 Å². The topological polar surface area (TPSA) is 16.1 Å². The van der Waals surface area contributed by atoms with E-state index in [1.54, 1.807) is 0 Å². The van der Waals surface area contributed by atoms with Crippen LogP contribution in [0.1, 0.15) is 11.1 Å². The summed E-state index contributed by atoms with van der Waals surface area (Å²) in [6.07, 6.45) is 1.06. The molecular weight excluding hydrogens is 324 g/mol. The van der Waals surface area contributed by atoms with Crippen molar-refractivity contribution >= 4 is 38.3 Å². The molecule has 104 valence electrons. The lowest BCUT2D eigenvalue weighted by Gasteiger charge is -2.19. The van der Waals surface area contributed by atoms with E-state index in [1.165, 1.54) is 22.2 Å². The lowest BCUT2D eigenvalue weighted by molar-refractivity contribution is 0.991. The lowest BCUT2D eigenvalue weighted by Crippen LogP contribution is -2.14. The minimum absolute atomic E-state index is 0.999. The Bertz CT molecular complexity index is 824. The highest BCUT2D eigenvalue weighted by Crippen LogP contribution is 2.35. The maximum absolute atomic E-state index is 4.91. The average Bonchev–Trinajstić information content (AvgIpc) is 2.88. The van der Waals surface area contributed by atoms with Gasteiger partial charge in [0.1, 0.15) is 5.82 Å². The van der Waals surface area contributed by atoms with Gasteiger partial charge < -0.3 is 4.90 Å². The molecule has 2 aromatic carbocycles. The van der Waals surface area contributed by atoms with Gasteiger partial charge in [0.05, 0.1) is 5.52 Å². The van der Waals surface area contributed by atoms with E-state index in [0.29, 0.717) is 0 Å². The van der Waals surface area contributed by atoms with Gasteiger partial charge in [0.15, 0.2) is 0 Å². The third-order valence-electron chi connectivity index (χ3n) is 4.03. The molecule has 0 amide bonds. The molecule has 0 unspecified atom stereocenters. The third-order valence-corrected chi connectivity index (χ3v) is 4.56. The molecule has 3 aromatic rings. The van der Waals surface area contributed by atoms with Gasteiger partial charge in [-0.05, 0) is 60.9 Å². The predicted molar refractivity (Wildman–Crippen MR) is 91.3 cm³/mol. The monoisotopic (exact) mass is 338 g/mol. The van der Waals surface area contributed by atoms with Crippen LogP contribution in [-0.2, 0) is 6.42 Å². The van der Waals surface area contributed by atoms with Crippen LogP contribution in [0.5, 0.6) is 0 Å². The van der Waals surface area contributed by atoms with Crippen LogP contribution in [-0.4, -0.2) is 11.5 Å². The van der Waals surface area contributed by atoms with E-state index in [0.717, 1.165) is 28.8 Å². The van der Waals surface area contributed by atoms with E-state index in [9.17, 15) is 0 Å². The molecule has 3 heteroatoms. The summed E-state index contributed by atoms with van der Waals surface area (Å²) < 4.78 is 1.10. The van der Waals surface area contributed by atoms with Crippen LogP contribution in [0.4, 0.5) is 11.5 Å². The van der Waals surface area contributed by atoms with Crippen LogP contribution >= 0.6 is 15.9 Å². The van der Waals surface area contributed by atoms with Crippen molar-refractivity contribution in [1.29, 1.82) is 0 Å². The number of nitrogens with zero attached hydrogens (tertiary/aromatic N) is 2. The standard InChI is InChI=1S/C18H15BrN2/c1-12-2-3-13-11-14-8-9-21(18(14)20-17(13)10-12)16-6-4-15(19)5-7-16/h2-7,10-11H,8-9H2,1H3. The highest BCUT2D eigenvalue weighted by atomic mass is 79.9. The molecule has 2 heterocycles. The van der Waals surface area contributed by atoms with Crippen molar-refractivity contribution < 1.29 is 0 Å². The Morgan fingerprint density at radius 3 is 2.67 bits per heavy atom. The molecule has 2 nitrogen and oxygen atoms in total. The predicted octanol–water partition coefficient (Wildman–Crippen LogP) is 5.00. The number of aryl methyl sites for hydroxylation is 1. The second-order valence-electron chi connectivity index (χ2n) is 5.55. The van der Waals surface area contributed by atoms with E-state index in [4.69, 9.17) is 4.98 Å². The Morgan fingerprint density at radius 1 is 1.05 bits per heavy atom. The molecule has 4 rings (SSSR count). The fraction of sp³-hybridized carbons (Fsp3) is 0.167. The zero-order valence-electron chi connectivity index (χ0n) is 11.8. The molecule has 0 fully saturated rings. The van der Waals surface area contributed by atoms with Gasteiger partial charge in [-0.3, -0.25) is 0 Å². The van der Waals surface area contributed by atoms with Crippen molar-refractivity contribution in [2.24, 2.45) is 0 Å². The number of fused-ring (bicyclic) bond motifs is 2. The molecule has 1 aliphatic heterocycles. The summed E-state index contributed by atoms with van der Waals surface area (Å²) in [6, 6.07) is 17.2. The van der Waals surface area contributed by atoms with Crippen LogP contribution in [0.15, 0.2) is 53.0 Å². The number of hydrogen-bond acceptors (Lipinski definition) is 2. The van der Waals surface area contributed by atoms with Gasteiger partial charge in [0, 0.05) is 22.1 Å². The summed E-state index contributed by atoms with van der Waals surface area (Å²) in [5, 5.41) is 1.23. The molecule has 0 spiro atoms. The van der Waals surface area contributed by atoms with Crippen LogP contribution in [0.2, 0.25) is 0 Å². The summed E-state index contributed by atoms with van der Waals surface area (Å²) in [7, 11) is 0. The van der Waals surface area contributed by atoms with Gasteiger partial charge in [0.25, 0.3) is 0 Å². The molecule has 0 aliphatic carbocycles. The lowest BCUT2D eigenvalue weighted by atomic mass is 10.1. The molecule has 0 radical (unpaired) electrons. The largest absolute Gasteiger partial charge is 0.326 e. The molecule has 0 saturated carbocycles. The number of pyridine rings is 1. The Kier molecular flexibility index (Phi) is 2.96. The number of benzene rings is 2. The van der Waals surface area contributed by atoms with E-state index in [-0.39, 0.29) is 0 Å². The van der Waals surface area contributed by atoms with Gasteiger partial charge in [-0.25, -0.2) is 4.98 Å². The summed E-state index contributed by atoms with van der Waals surface area (Å²) in [6.45, 7) is 3.11. The first-order chi connectivity index (χ1) is 10.2. The molecule has 0 saturated heterocycles. The molecule has 21 heavy (non-hydrogen) atoms. The van der Waals surface area contributed by atoms with Crippen molar-refractivity contribution in [3.05, 3.63) is 64.1 Å². The fourth-order valence-electron chi connectivity index (χ4n) is 2.94. The first kappa shape index (κ1) is 12.8. The number of anilines is 2. The van der Waals surface area contributed by atoms with E-state index < -0.39 is 0 Å². The first-order valence-electron chi connectivity index (χ1n) is 7.14. The van der Waals surface area contributed by atoms with Gasteiger partial charge in [-0.2, -0.15) is 0 Å². The molecule has 0 atom stereocenters. The maximum atomic E-state index is 4.91. The maximum Gasteiger partial charge on any atom is 0.137 e. The summed E-state index contributed by atoms with van der Waals surface area (Å²) >= 11 is 3.49. The van der Waals surface area contributed by atoms with Crippen molar-refractivity contribution in [2.75, 3.05) is 11.4 Å². The van der Waals surface area contributed by atoms with Crippen molar-refractivity contribution in [2.45, 2.75) is 13.3 Å². The highest BCUT2D eigenvalue weighted by Gasteiger charge is 2.22. The smallest absolute Gasteiger partial charge is 0.137 e. The first-order valence-corrected chi connectivity index (χ1v) is 7.93. The van der Waals surface area contributed by atoms with Crippen LogP contribution in [0.25, 0.3) is 10.9 Å². The molecule has 1 aliphatic rings. The summed E-state index contributed by atoms with van der Waals surface area (Å²) in [4.78, 5) is 7.22. The van der Waals surface area contributed by atoms with E-state index in [1.807, 2.05) is 0 Å². The molecule has 0 bridgehead atoms. The second kappa shape index (κ2) is 4.85. The number of halogens is 1. The normalized spacial score (nSPS) is 13.7. The Hall–Kier alpha value is -1.87. The van der Waals surface area contributed by atoms with Crippen LogP contribution in [0.3, 0.4) is 0 Å². The zero-order valence-corrected chi connectivity index (χ0v) is 13.4. The Labute approximate surface area is 132 Å². The fourth-order valence-corrected chi connectivity index (χ4v) is 3.20. The minimum atomic E-state index is 0.999. The molecular formula is C18H15BrN2. The number of hydrogen-bond donors (Lipinski definition) is 0. The average molecular weight is 339 g/mol.